The van der Waals surface area contributed by atoms with Crippen molar-refractivity contribution in [2.45, 2.75) is 26.4 Å². The van der Waals surface area contributed by atoms with Crippen LogP contribution in [0.4, 0.5) is 5.69 Å². The van der Waals surface area contributed by atoms with Gasteiger partial charge in [0.1, 0.15) is 18.8 Å². The molecule has 0 bridgehead atoms. The maximum absolute atomic E-state index is 12.2. The molecule has 3 aromatic carbocycles. The van der Waals surface area contributed by atoms with Gasteiger partial charge in [0.2, 0.25) is 11.8 Å². The van der Waals surface area contributed by atoms with Gasteiger partial charge in [0.05, 0.1) is 6.21 Å². The number of nitrogens with zero attached hydrogens (tertiary/aromatic N) is 1. The third-order valence-corrected chi connectivity index (χ3v) is 5.58. The lowest BCUT2D eigenvalue weighted by molar-refractivity contribution is -0.126. The second-order valence-corrected chi connectivity index (χ2v) is 8.52. The van der Waals surface area contributed by atoms with Gasteiger partial charge in [0.25, 0.3) is 0 Å². The number of hydrogen-bond acceptors (Lipinski definition) is 4. The van der Waals surface area contributed by atoms with E-state index in [9.17, 15) is 9.59 Å². The van der Waals surface area contributed by atoms with E-state index in [4.69, 9.17) is 39.5 Å². The second-order valence-electron chi connectivity index (χ2n) is 7.24. The lowest BCUT2D eigenvalue weighted by Crippen LogP contribution is -2.25. The van der Waals surface area contributed by atoms with Crippen molar-refractivity contribution in [1.82, 2.24) is 5.43 Å². The number of carbonyl (C=O) groups excluding carboxylic acids is 2. The predicted octanol–water partition coefficient (Wildman–Crippen LogP) is 6.27. The number of anilines is 1. The first-order chi connectivity index (χ1) is 16.4. The molecule has 0 unspecified atom stereocenters. The maximum atomic E-state index is 12.2. The summed E-state index contributed by atoms with van der Waals surface area (Å²) in [7, 11) is 0. The minimum atomic E-state index is -0.555. The van der Waals surface area contributed by atoms with Crippen molar-refractivity contribution in [3.05, 3.63) is 92.4 Å². The summed E-state index contributed by atoms with van der Waals surface area (Å²) in [5.74, 6) is -0.497. The zero-order chi connectivity index (χ0) is 24.5. The second kappa shape index (κ2) is 12.4. The Kier molecular flexibility index (Phi) is 9.33. The van der Waals surface area contributed by atoms with Crippen LogP contribution in [0.2, 0.25) is 15.1 Å². The Morgan fingerprint density at radius 3 is 2.44 bits per heavy atom. The smallest absolute Gasteiger partial charge is 0.249 e. The fourth-order valence-electron chi connectivity index (χ4n) is 3.05. The first kappa shape index (κ1) is 25.6. The molecule has 2 N–H and O–H groups in total. The van der Waals surface area contributed by atoms with Crippen molar-refractivity contribution in [3.63, 3.8) is 0 Å². The summed E-state index contributed by atoms with van der Waals surface area (Å²) in [6, 6.07) is 17.6. The van der Waals surface area contributed by atoms with E-state index in [1.54, 1.807) is 42.5 Å². The monoisotopic (exact) mass is 517 g/mol. The maximum Gasteiger partial charge on any atom is 0.249 e. The highest BCUT2D eigenvalue weighted by atomic mass is 35.5. The number of halogens is 3. The largest absolute Gasteiger partial charge is 0.488 e. The lowest BCUT2D eigenvalue weighted by Gasteiger charge is -2.11. The van der Waals surface area contributed by atoms with E-state index in [1.165, 1.54) is 6.21 Å². The average molecular weight is 519 g/mol. The van der Waals surface area contributed by atoms with E-state index in [-0.39, 0.29) is 13.0 Å². The summed E-state index contributed by atoms with van der Waals surface area (Å²) >= 11 is 18.2. The molecule has 0 atom stereocenters. The Hall–Kier alpha value is -3.06. The van der Waals surface area contributed by atoms with Crippen LogP contribution in [-0.4, -0.2) is 18.0 Å². The molecule has 0 saturated heterocycles. The van der Waals surface area contributed by atoms with E-state index >= 15 is 0 Å². The molecule has 3 aromatic rings. The van der Waals surface area contributed by atoms with Crippen molar-refractivity contribution in [1.29, 1.82) is 0 Å². The standard InChI is InChI=1S/C25H22Cl3N3O3/c1-2-16-5-3-4-6-22(16)30-24(32)13-25(33)31-29-14-18-11-19(26)9-10-23(18)34-15-17-7-8-20(27)12-21(17)28/h3-12,14H,2,13,15H2,1H3,(H,30,32)(H,31,33). The topological polar surface area (TPSA) is 79.8 Å². The van der Waals surface area contributed by atoms with E-state index in [2.05, 4.69) is 15.8 Å². The van der Waals surface area contributed by atoms with Gasteiger partial charge in [0, 0.05) is 31.9 Å². The van der Waals surface area contributed by atoms with Crippen molar-refractivity contribution in [3.8, 4) is 5.75 Å². The molecule has 0 radical (unpaired) electrons. The fourth-order valence-corrected chi connectivity index (χ4v) is 3.69. The van der Waals surface area contributed by atoms with Gasteiger partial charge in [-0.15, -0.1) is 0 Å². The van der Waals surface area contributed by atoms with Gasteiger partial charge in [-0.05, 0) is 48.4 Å². The highest BCUT2D eigenvalue weighted by Crippen LogP contribution is 2.25. The molecule has 0 fully saturated rings. The van der Waals surface area contributed by atoms with Crippen LogP contribution in [-0.2, 0) is 22.6 Å². The average Bonchev–Trinajstić information content (AvgIpc) is 2.79. The van der Waals surface area contributed by atoms with Gasteiger partial charge < -0.3 is 10.1 Å². The summed E-state index contributed by atoms with van der Waals surface area (Å²) in [6.45, 7) is 2.19. The number of ether oxygens (including phenoxy) is 1. The number of carbonyl (C=O) groups is 2. The molecule has 0 aliphatic carbocycles. The molecular weight excluding hydrogens is 497 g/mol. The number of para-hydroxylation sites is 1. The molecule has 0 spiro atoms. The normalized spacial score (nSPS) is 10.8. The molecule has 0 aliphatic heterocycles. The molecule has 2 amide bonds. The van der Waals surface area contributed by atoms with E-state index in [1.807, 2.05) is 25.1 Å². The first-order valence-corrected chi connectivity index (χ1v) is 11.5. The number of rotatable bonds is 9. The minimum Gasteiger partial charge on any atom is -0.488 e. The van der Waals surface area contributed by atoms with E-state index < -0.39 is 11.8 Å². The zero-order valence-corrected chi connectivity index (χ0v) is 20.5. The highest BCUT2D eigenvalue weighted by molar-refractivity contribution is 6.35. The number of aryl methyl sites for hydroxylation is 1. The number of amides is 2. The lowest BCUT2D eigenvalue weighted by atomic mass is 10.1. The number of hydrazone groups is 1. The summed E-state index contributed by atoms with van der Waals surface area (Å²) in [5.41, 5.74) is 5.32. The van der Waals surface area contributed by atoms with Crippen LogP contribution in [0.15, 0.2) is 65.8 Å². The van der Waals surface area contributed by atoms with Crippen molar-refractivity contribution < 1.29 is 14.3 Å². The van der Waals surface area contributed by atoms with Gasteiger partial charge in [-0.2, -0.15) is 5.10 Å². The minimum absolute atomic E-state index is 0.199. The molecule has 6 nitrogen and oxygen atoms in total. The van der Waals surface area contributed by atoms with Crippen molar-refractivity contribution in [2.75, 3.05) is 5.32 Å². The van der Waals surface area contributed by atoms with Crippen LogP contribution in [0, 0.1) is 0 Å². The Balaban J connectivity index is 1.58. The molecule has 0 aromatic heterocycles. The first-order valence-electron chi connectivity index (χ1n) is 10.4. The van der Waals surface area contributed by atoms with Crippen LogP contribution < -0.4 is 15.5 Å². The van der Waals surface area contributed by atoms with Crippen LogP contribution in [0.5, 0.6) is 5.75 Å². The fraction of sp³-hybridized carbons (Fsp3) is 0.160. The van der Waals surface area contributed by atoms with Crippen LogP contribution in [0.3, 0.4) is 0 Å². The number of nitrogens with one attached hydrogen (secondary N) is 2. The Bertz CT molecular complexity index is 1220. The van der Waals surface area contributed by atoms with Gasteiger partial charge in [-0.1, -0.05) is 66.0 Å². The molecule has 34 heavy (non-hydrogen) atoms. The van der Waals surface area contributed by atoms with E-state index in [0.29, 0.717) is 32.1 Å². The molecule has 9 heteroatoms. The Morgan fingerprint density at radius 2 is 1.68 bits per heavy atom. The molecular formula is C25H22Cl3N3O3. The molecule has 176 valence electrons. The molecule has 0 heterocycles. The predicted molar refractivity (Wildman–Crippen MR) is 137 cm³/mol. The summed E-state index contributed by atoms with van der Waals surface area (Å²) < 4.78 is 5.85. The zero-order valence-electron chi connectivity index (χ0n) is 18.3. The molecule has 3 rings (SSSR count). The summed E-state index contributed by atoms with van der Waals surface area (Å²) in [5, 5.41) is 8.18. The summed E-state index contributed by atoms with van der Waals surface area (Å²) in [4.78, 5) is 24.4. The van der Waals surface area contributed by atoms with Gasteiger partial charge in [0.15, 0.2) is 0 Å². The third-order valence-electron chi connectivity index (χ3n) is 4.76. The van der Waals surface area contributed by atoms with Crippen LogP contribution >= 0.6 is 34.8 Å². The molecule has 0 aliphatic rings. The van der Waals surface area contributed by atoms with Crippen LogP contribution in [0.25, 0.3) is 0 Å². The number of benzene rings is 3. The summed E-state index contributed by atoms with van der Waals surface area (Å²) in [6.07, 6.45) is 1.79. The Morgan fingerprint density at radius 1 is 0.941 bits per heavy atom. The van der Waals surface area contributed by atoms with Crippen LogP contribution in [0.1, 0.15) is 30.0 Å². The number of hydrogen-bond donors (Lipinski definition) is 2. The van der Waals surface area contributed by atoms with Gasteiger partial charge >= 0.3 is 0 Å². The third kappa shape index (κ3) is 7.48. The quantitative estimate of drug-likeness (QED) is 0.199. The van der Waals surface area contributed by atoms with Gasteiger partial charge in [-0.25, -0.2) is 5.43 Å². The highest BCUT2D eigenvalue weighted by Gasteiger charge is 2.11. The Labute approximate surface area is 212 Å². The SMILES string of the molecule is CCc1ccccc1NC(=O)CC(=O)NN=Cc1cc(Cl)ccc1OCc1ccc(Cl)cc1Cl. The molecule has 0 saturated carbocycles. The van der Waals surface area contributed by atoms with Crippen molar-refractivity contribution in [2.24, 2.45) is 5.10 Å². The van der Waals surface area contributed by atoms with Crippen molar-refractivity contribution >= 4 is 58.5 Å². The van der Waals surface area contributed by atoms with Gasteiger partial charge in [-0.3, -0.25) is 9.59 Å². The van der Waals surface area contributed by atoms with E-state index in [0.717, 1.165) is 17.5 Å².